The SMILES string of the molecule is Cc1ccc(I)cc1-c1cc(-c2ccc(F)cc2)sc1C(=O)c1sc(-c2ccc(F)cc2)cc1-c1cc(I)ccc1C. The number of hydrogen-bond acceptors (Lipinski definition) is 3. The number of carbonyl (C=O) groups excluding carboxylic acids is 1. The van der Waals surface area contributed by atoms with E-state index in [0.29, 0.717) is 9.75 Å². The summed E-state index contributed by atoms with van der Waals surface area (Å²) in [6, 6.07) is 29.3. The van der Waals surface area contributed by atoms with Gasteiger partial charge >= 0.3 is 0 Å². The van der Waals surface area contributed by atoms with E-state index < -0.39 is 0 Å². The van der Waals surface area contributed by atoms with Gasteiger partial charge in [0.25, 0.3) is 0 Å². The zero-order valence-electron chi connectivity index (χ0n) is 22.5. The molecule has 0 aliphatic rings. The Kier molecular flexibility index (Phi) is 8.46. The average Bonchev–Trinajstić information content (AvgIpc) is 3.62. The summed E-state index contributed by atoms with van der Waals surface area (Å²) >= 11 is 7.45. The molecule has 0 saturated heterocycles. The van der Waals surface area contributed by atoms with E-state index in [-0.39, 0.29) is 17.4 Å². The van der Waals surface area contributed by atoms with E-state index in [2.05, 4.69) is 93.7 Å². The van der Waals surface area contributed by atoms with Crippen LogP contribution in [0.2, 0.25) is 0 Å². The largest absolute Gasteiger partial charge is 0.287 e. The molecule has 0 spiro atoms. The van der Waals surface area contributed by atoms with Crippen LogP contribution in [-0.2, 0) is 0 Å². The van der Waals surface area contributed by atoms with Crippen LogP contribution in [-0.4, -0.2) is 5.78 Å². The first kappa shape index (κ1) is 29.3. The molecule has 0 N–H and O–H groups in total. The predicted octanol–water partition coefficient (Wildman–Crippen LogP) is 11.8. The monoisotopic (exact) mass is 814 g/mol. The van der Waals surface area contributed by atoms with Crippen molar-refractivity contribution >= 4 is 73.6 Å². The molecule has 7 heteroatoms. The molecule has 0 radical (unpaired) electrons. The van der Waals surface area contributed by atoms with E-state index in [1.165, 1.54) is 46.9 Å². The molecule has 6 rings (SSSR count). The van der Waals surface area contributed by atoms with E-state index in [1.54, 1.807) is 24.3 Å². The fraction of sp³-hybridized carbons (Fsp3) is 0.0571. The maximum absolute atomic E-state index is 14.7. The topological polar surface area (TPSA) is 17.1 Å². The van der Waals surface area contributed by atoms with Crippen molar-refractivity contribution in [2.24, 2.45) is 0 Å². The average molecular weight is 814 g/mol. The molecule has 0 aliphatic heterocycles. The van der Waals surface area contributed by atoms with Crippen LogP contribution in [0, 0.1) is 32.6 Å². The van der Waals surface area contributed by atoms with E-state index in [1.807, 2.05) is 13.8 Å². The van der Waals surface area contributed by atoms with Crippen molar-refractivity contribution in [1.29, 1.82) is 0 Å². The van der Waals surface area contributed by atoms with E-state index in [9.17, 15) is 13.6 Å². The van der Waals surface area contributed by atoms with Crippen molar-refractivity contribution in [3.05, 3.63) is 137 Å². The van der Waals surface area contributed by atoms with Gasteiger partial charge in [0.1, 0.15) is 11.6 Å². The predicted molar refractivity (Wildman–Crippen MR) is 189 cm³/mol. The van der Waals surface area contributed by atoms with Crippen molar-refractivity contribution in [2.75, 3.05) is 0 Å². The van der Waals surface area contributed by atoms with E-state index >= 15 is 0 Å². The minimum Gasteiger partial charge on any atom is -0.287 e. The lowest BCUT2D eigenvalue weighted by Crippen LogP contribution is -2.01. The molecule has 2 aromatic heterocycles. The van der Waals surface area contributed by atoms with Crippen molar-refractivity contribution < 1.29 is 13.6 Å². The second-order valence-electron chi connectivity index (χ2n) is 9.97. The van der Waals surface area contributed by atoms with Crippen LogP contribution in [0.4, 0.5) is 8.78 Å². The summed E-state index contributed by atoms with van der Waals surface area (Å²) in [5.41, 5.74) is 7.58. The van der Waals surface area contributed by atoms with Crippen LogP contribution in [0.15, 0.2) is 97.1 Å². The highest BCUT2D eigenvalue weighted by molar-refractivity contribution is 14.1. The minimum atomic E-state index is -0.301. The Morgan fingerprint density at radius 1 is 0.548 bits per heavy atom. The number of carbonyl (C=O) groups is 1. The Labute approximate surface area is 278 Å². The Morgan fingerprint density at radius 3 is 1.31 bits per heavy atom. The number of thiophene rings is 2. The summed E-state index contributed by atoms with van der Waals surface area (Å²) in [6.45, 7) is 4.10. The number of halogens is 4. The molecule has 0 amide bonds. The lowest BCUT2D eigenvalue weighted by atomic mass is 9.96. The zero-order valence-corrected chi connectivity index (χ0v) is 28.4. The van der Waals surface area contributed by atoms with Crippen LogP contribution in [0.25, 0.3) is 43.1 Å². The second-order valence-corrected chi connectivity index (χ2v) is 14.6. The molecule has 1 nitrogen and oxygen atoms in total. The number of rotatable bonds is 6. The Bertz CT molecular complexity index is 1810. The van der Waals surface area contributed by atoms with Gasteiger partial charge in [0, 0.05) is 28.0 Å². The summed E-state index contributed by atoms with van der Waals surface area (Å²) in [5, 5.41) is 0. The molecule has 0 atom stereocenters. The summed E-state index contributed by atoms with van der Waals surface area (Å²) in [4.78, 5) is 17.8. The minimum absolute atomic E-state index is 0.0618. The van der Waals surface area contributed by atoms with Crippen molar-refractivity contribution in [2.45, 2.75) is 13.8 Å². The molecule has 4 aromatic carbocycles. The third-order valence-electron chi connectivity index (χ3n) is 7.11. The van der Waals surface area contributed by atoms with Gasteiger partial charge in [-0.15, -0.1) is 22.7 Å². The van der Waals surface area contributed by atoms with Crippen LogP contribution in [0.1, 0.15) is 25.7 Å². The Hall–Kier alpha value is -2.73. The van der Waals surface area contributed by atoms with Crippen molar-refractivity contribution in [3.63, 3.8) is 0 Å². The van der Waals surface area contributed by atoms with Crippen LogP contribution in [0.5, 0.6) is 0 Å². The van der Waals surface area contributed by atoms with Gasteiger partial charge in [-0.3, -0.25) is 4.79 Å². The lowest BCUT2D eigenvalue weighted by molar-refractivity contribution is 0.104. The van der Waals surface area contributed by atoms with E-state index in [4.69, 9.17) is 0 Å². The Morgan fingerprint density at radius 2 is 0.929 bits per heavy atom. The number of aryl methyl sites for hydroxylation is 2. The molecule has 2 heterocycles. The molecule has 0 unspecified atom stereocenters. The van der Waals surface area contributed by atoms with Gasteiger partial charge in [-0.25, -0.2) is 8.78 Å². The smallest absolute Gasteiger partial charge is 0.214 e. The van der Waals surface area contributed by atoms with E-state index in [0.717, 1.165) is 61.4 Å². The molecule has 42 heavy (non-hydrogen) atoms. The quantitative estimate of drug-likeness (QED) is 0.121. The first-order valence-corrected chi connectivity index (χ1v) is 16.8. The summed E-state index contributed by atoms with van der Waals surface area (Å²) in [7, 11) is 0. The van der Waals surface area contributed by atoms with Gasteiger partial charge in [0.05, 0.1) is 9.75 Å². The lowest BCUT2D eigenvalue weighted by Gasteiger charge is -2.10. The molecule has 0 saturated carbocycles. The molecular weight excluding hydrogens is 792 g/mol. The van der Waals surface area contributed by atoms with Gasteiger partial charge < -0.3 is 0 Å². The van der Waals surface area contributed by atoms with Gasteiger partial charge in [-0.1, -0.05) is 36.4 Å². The maximum Gasteiger partial charge on any atom is 0.214 e. The van der Waals surface area contributed by atoms with Gasteiger partial charge in [0.2, 0.25) is 5.78 Å². The zero-order chi connectivity index (χ0) is 29.5. The maximum atomic E-state index is 14.7. The fourth-order valence-electron chi connectivity index (χ4n) is 4.90. The first-order valence-electron chi connectivity index (χ1n) is 13.1. The third kappa shape index (κ3) is 5.89. The molecule has 0 fully saturated rings. The molecule has 208 valence electrons. The highest BCUT2D eigenvalue weighted by Crippen LogP contribution is 2.45. The molecule has 0 bridgehead atoms. The van der Waals surface area contributed by atoms with Gasteiger partial charge in [-0.2, -0.15) is 0 Å². The van der Waals surface area contributed by atoms with Gasteiger partial charge in [0.15, 0.2) is 0 Å². The summed E-state index contributed by atoms with van der Waals surface area (Å²) < 4.78 is 29.7. The highest BCUT2D eigenvalue weighted by Gasteiger charge is 2.26. The molecular formula is C35H22F2I2OS2. The Balaban J connectivity index is 1.58. The standard InChI is InChI=1S/C35H22F2I2OS2/c1-19-3-13-25(38)15-27(19)29-17-31(21-5-9-23(36)10-6-21)41-34(29)33(40)35-30(28-16-26(39)14-4-20(28)2)18-32(42-35)22-7-11-24(37)12-8-22/h3-18H,1-2H3. The third-order valence-corrected chi connectivity index (χ3v) is 10.8. The van der Waals surface area contributed by atoms with Crippen LogP contribution in [0.3, 0.4) is 0 Å². The number of benzene rings is 4. The summed E-state index contributed by atoms with van der Waals surface area (Å²) in [5.74, 6) is -0.664. The number of hydrogen-bond donors (Lipinski definition) is 0. The first-order chi connectivity index (χ1) is 20.2. The van der Waals surface area contributed by atoms with Gasteiger partial charge in [-0.05, 0) is 153 Å². The normalized spacial score (nSPS) is 11.2. The second kappa shape index (κ2) is 12.1. The van der Waals surface area contributed by atoms with Crippen LogP contribution < -0.4 is 0 Å². The fourth-order valence-corrected chi connectivity index (χ4v) is 8.20. The molecule has 0 aliphatic carbocycles. The highest BCUT2D eigenvalue weighted by atomic mass is 127. The molecule has 6 aromatic rings. The number of ketones is 1. The van der Waals surface area contributed by atoms with Crippen LogP contribution >= 0.6 is 67.9 Å². The van der Waals surface area contributed by atoms with Crippen molar-refractivity contribution in [1.82, 2.24) is 0 Å². The summed E-state index contributed by atoms with van der Waals surface area (Å²) in [6.07, 6.45) is 0. The van der Waals surface area contributed by atoms with Crippen molar-refractivity contribution in [3.8, 4) is 43.1 Å².